The summed E-state index contributed by atoms with van der Waals surface area (Å²) in [6, 6.07) is 6.04. The molecule has 2 unspecified atom stereocenters. The van der Waals surface area contributed by atoms with Crippen LogP contribution in [0.15, 0.2) is 22.7 Å². The monoisotopic (exact) mass is 320 g/mol. The maximum Gasteiger partial charge on any atom is 0.0558 e. The van der Waals surface area contributed by atoms with Crippen molar-refractivity contribution in [3.05, 3.63) is 33.3 Å². The van der Waals surface area contributed by atoms with Crippen LogP contribution >= 0.6 is 27.5 Å². The second kappa shape index (κ2) is 7.34. The van der Waals surface area contributed by atoms with Crippen LogP contribution < -0.4 is 11.3 Å². The molecular weight excluding hydrogens is 304 g/mol. The van der Waals surface area contributed by atoms with E-state index < -0.39 is 0 Å². The van der Waals surface area contributed by atoms with Crippen LogP contribution in [0.4, 0.5) is 0 Å². The first-order chi connectivity index (χ1) is 8.06. The van der Waals surface area contributed by atoms with Crippen molar-refractivity contribution in [2.75, 3.05) is 7.11 Å². The normalized spacial score (nSPS) is 14.6. The van der Waals surface area contributed by atoms with Gasteiger partial charge in [0.25, 0.3) is 0 Å². The number of nitrogens with two attached hydrogens (primary N) is 1. The summed E-state index contributed by atoms with van der Waals surface area (Å²) in [4.78, 5) is 0. The third-order valence-corrected chi connectivity index (χ3v) is 3.58. The first-order valence-electron chi connectivity index (χ1n) is 5.49. The highest BCUT2D eigenvalue weighted by Gasteiger charge is 2.13. The molecule has 0 saturated carbocycles. The first kappa shape index (κ1) is 14.9. The molecule has 5 heteroatoms. The van der Waals surface area contributed by atoms with Crippen molar-refractivity contribution >= 4 is 27.5 Å². The van der Waals surface area contributed by atoms with Gasteiger partial charge in [0, 0.05) is 22.6 Å². The zero-order chi connectivity index (χ0) is 12.8. The van der Waals surface area contributed by atoms with Gasteiger partial charge in [0.05, 0.1) is 6.10 Å². The molecule has 96 valence electrons. The highest BCUT2D eigenvalue weighted by atomic mass is 79.9. The smallest absolute Gasteiger partial charge is 0.0558 e. The van der Waals surface area contributed by atoms with E-state index in [1.807, 2.05) is 25.1 Å². The van der Waals surface area contributed by atoms with E-state index in [2.05, 4.69) is 21.4 Å². The van der Waals surface area contributed by atoms with Gasteiger partial charge in [-0.15, -0.1) is 0 Å². The molecule has 0 aliphatic rings. The lowest BCUT2D eigenvalue weighted by Gasteiger charge is -2.20. The molecule has 2 atom stereocenters. The molecule has 0 heterocycles. The average molecular weight is 322 g/mol. The average Bonchev–Trinajstić information content (AvgIpc) is 2.31. The Morgan fingerprint density at radius 1 is 1.53 bits per heavy atom. The number of hydrogen-bond donors (Lipinski definition) is 2. The summed E-state index contributed by atoms with van der Waals surface area (Å²) >= 11 is 9.56. The number of nitrogens with one attached hydrogen (secondary N) is 1. The number of methoxy groups -OCH3 is 1. The largest absolute Gasteiger partial charge is 0.382 e. The molecule has 0 aliphatic carbocycles. The van der Waals surface area contributed by atoms with Crippen molar-refractivity contribution in [3.63, 3.8) is 0 Å². The van der Waals surface area contributed by atoms with E-state index in [1.54, 1.807) is 7.11 Å². The molecule has 1 rings (SSSR count). The van der Waals surface area contributed by atoms with Gasteiger partial charge in [0.2, 0.25) is 0 Å². The van der Waals surface area contributed by atoms with E-state index in [0.29, 0.717) is 0 Å². The van der Waals surface area contributed by atoms with Gasteiger partial charge in [-0.3, -0.25) is 11.3 Å². The summed E-state index contributed by atoms with van der Waals surface area (Å²) in [5.41, 5.74) is 3.89. The molecule has 17 heavy (non-hydrogen) atoms. The highest BCUT2D eigenvalue weighted by Crippen LogP contribution is 2.23. The van der Waals surface area contributed by atoms with Crippen LogP contribution in [0, 0.1) is 0 Å². The fourth-order valence-corrected chi connectivity index (χ4v) is 2.41. The lowest BCUT2D eigenvalue weighted by Crippen LogP contribution is -2.39. The lowest BCUT2D eigenvalue weighted by atomic mass is 10.0. The molecule has 0 radical (unpaired) electrons. The molecule has 0 bridgehead atoms. The van der Waals surface area contributed by atoms with Gasteiger partial charge in [0.1, 0.15) is 0 Å². The summed E-state index contributed by atoms with van der Waals surface area (Å²) in [5.74, 6) is 5.55. The van der Waals surface area contributed by atoms with Gasteiger partial charge >= 0.3 is 0 Å². The molecule has 1 aromatic rings. The minimum atomic E-state index is 0.156. The van der Waals surface area contributed by atoms with Gasteiger partial charge in [-0.1, -0.05) is 33.6 Å². The van der Waals surface area contributed by atoms with Crippen molar-refractivity contribution in [1.82, 2.24) is 5.43 Å². The van der Waals surface area contributed by atoms with E-state index in [4.69, 9.17) is 22.2 Å². The predicted molar refractivity (Wildman–Crippen MR) is 75.1 cm³/mol. The van der Waals surface area contributed by atoms with Gasteiger partial charge in [-0.25, -0.2) is 0 Å². The van der Waals surface area contributed by atoms with Crippen LogP contribution in [0.25, 0.3) is 0 Å². The molecule has 3 N–H and O–H groups in total. The van der Waals surface area contributed by atoms with Gasteiger partial charge < -0.3 is 4.74 Å². The van der Waals surface area contributed by atoms with Crippen molar-refractivity contribution in [2.24, 2.45) is 5.84 Å². The van der Waals surface area contributed by atoms with Crippen molar-refractivity contribution in [2.45, 2.75) is 31.9 Å². The molecule has 0 amide bonds. The summed E-state index contributed by atoms with van der Waals surface area (Å²) in [7, 11) is 1.70. The quantitative estimate of drug-likeness (QED) is 0.625. The molecule has 0 aliphatic heterocycles. The van der Waals surface area contributed by atoms with E-state index in [1.165, 1.54) is 0 Å². The van der Waals surface area contributed by atoms with E-state index >= 15 is 0 Å². The van der Waals surface area contributed by atoms with Gasteiger partial charge in [-0.05, 0) is 37.5 Å². The predicted octanol–water partition coefficient (Wildman–Crippen LogP) is 2.90. The Bertz CT molecular complexity index is 362. The molecule has 0 saturated heterocycles. The van der Waals surface area contributed by atoms with Crippen molar-refractivity contribution in [3.8, 4) is 0 Å². The number of halogens is 2. The summed E-state index contributed by atoms with van der Waals surface area (Å²) in [6.45, 7) is 2.02. The van der Waals surface area contributed by atoms with Crippen molar-refractivity contribution < 1.29 is 4.74 Å². The number of ether oxygens (including phenoxy) is 1. The molecular formula is C12H18BrClN2O. The molecule has 0 spiro atoms. The van der Waals surface area contributed by atoms with Crippen LogP contribution in [0.5, 0.6) is 0 Å². The van der Waals surface area contributed by atoms with Crippen LogP contribution in [0.1, 0.15) is 18.9 Å². The Hall–Kier alpha value is -0.130. The lowest BCUT2D eigenvalue weighted by molar-refractivity contribution is 0.100. The van der Waals surface area contributed by atoms with E-state index in [0.717, 1.165) is 27.9 Å². The summed E-state index contributed by atoms with van der Waals surface area (Å²) in [5, 5.41) is 0.754. The number of rotatable bonds is 6. The first-order valence-corrected chi connectivity index (χ1v) is 6.66. The SMILES string of the molecule is COC(C)CC(Cc1ccc(Br)cc1Cl)NN. The van der Waals surface area contributed by atoms with Gasteiger partial charge in [-0.2, -0.15) is 0 Å². The van der Waals surface area contributed by atoms with Crippen LogP contribution in [0.3, 0.4) is 0 Å². The standard InChI is InChI=1S/C12H18BrClN2O/c1-8(17-2)5-11(16-15)6-9-3-4-10(13)7-12(9)14/h3-4,7-8,11,16H,5-6,15H2,1-2H3. The molecule has 1 aromatic carbocycles. The third-order valence-electron chi connectivity index (χ3n) is 2.74. The van der Waals surface area contributed by atoms with Crippen LogP contribution in [-0.4, -0.2) is 19.3 Å². The third kappa shape index (κ3) is 4.94. The van der Waals surface area contributed by atoms with Crippen LogP contribution in [-0.2, 0) is 11.2 Å². The summed E-state index contributed by atoms with van der Waals surface area (Å²) in [6.07, 6.45) is 1.81. The van der Waals surface area contributed by atoms with Gasteiger partial charge in [0.15, 0.2) is 0 Å². The zero-order valence-electron chi connectivity index (χ0n) is 10.0. The second-order valence-corrected chi connectivity index (χ2v) is 5.41. The minimum Gasteiger partial charge on any atom is -0.382 e. The Morgan fingerprint density at radius 3 is 2.76 bits per heavy atom. The Kier molecular flexibility index (Phi) is 6.44. The Labute approximate surface area is 116 Å². The van der Waals surface area contributed by atoms with Crippen molar-refractivity contribution in [1.29, 1.82) is 0 Å². The maximum atomic E-state index is 6.17. The fourth-order valence-electron chi connectivity index (χ4n) is 1.66. The number of hydrogen-bond acceptors (Lipinski definition) is 3. The summed E-state index contributed by atoms with van der Waals surface area (Å²) < 4.78 is 6.21. The molecule has 3 nitrogen and oxygen atoms in total. The molecule has 0 aromatic heterocycles. The number of benzene rings is 1. The van der Waals surface area contributed by atoms with E-state index in [9.17, 15) is 0 Å². The van der Waals surface area contributed by atoms with E-state index in [-0.39, 0.29) is 12.1 Å². The number of hydrazine groups is 1. The second-order valence-electron chi connectivity index (χ2n) is 4.09. The fraction of sp³-hybridized carbons (Fsp3) is 0.500. The minimum absolute atomic E-state index is 0.156. The highest BCUT2D eigenvalue weighted by molar-refractivity contribution is 9.10. The Balaban J connectivity index is 2.67. The van der Waals surface area contributed by atoms with Crippen LogP contribution in [0.2, 0.25) is 5.02 Å². The molecule has 0 fully saturated rings. The Morgan fingerprint density at radius 2 is 2.24 bits per heavy atom. The maximum absolute atomic E-state index is 6.17. The topological polar surface area (TPSA) is 47.3 Å². The zero-order valence-corrected chi connectivity index (χ0v) is 12.4.